The van der Waals surface area contributed by atoms with Gasteiger partial charge in [-0.3, -0.25) is 9.63 Å². The predicted octanol–water partition coefficient (Wildman–Crippen LogP) is 4.29. The number of nitrogens with zero attached hydrogens (tertiary/aromatic N) is 1. The molecular weight excluding hydrogens is 297 g/mol. The zero-order valence-electron chi connectivity index (χ0n) is 11.1. The molecule has 3 nitrogen and oxygen atoms in total. The van der Waals surface area contributed by atoms with Crippen molar-refractivity contribution >= 4 is 29.1 Å². The standard InChI is InChI=1S/C15H13Cl2NO2/c1-18(20-2)15(19)11-5-3-10(4-6-11)13-8-7-12(16)9-14(13)17/h3-9H,1-2H3. The summed E-state index contributed by atoms with van der Waals surface area (Å²) in [5.41, 5.74) is 2.33. The molecule has 0 spiro atoms. The van der Waals surface area contributed by atoms with Crippen LogP contribution in [0.15, 0.2) is 42.5 Å². The fourth-order valence-electron chi connectivity index (χ4n) is 1.78. The third-order valence-electron chi connectivity index (χ3n) is 2.93. The molecule has 0 heterocycles. The first kappa shape index (κ1) is 14.9. The molecule has 2 rings (SSSR count). The van der Waals surface area contributed by atoms with Crippen LogP contribution in [-0.2, 0) is 4.84 Å². The summed E-state index contributed by atoms with van der Waals surface area (Å²) < 4.78 is 0. The predicted molar refractivity (Wildman–Crippen MR) is 81.0 cm³/mol. The van der Waals surface area contributed by atoms with Crippen LogP contribution in [0.4, 0.5) is 0 Å². The van der Waals surface area contributed by atoms with E-state index in [4.69, 9.17) is 28.0 Å². The van der Waals surface area contributed by atoms with Gasteiger partial charge in [-0.05, 0) is 29.8 Å². The summed E-state index contributed by atoms with van der Waals surface area (Å²) in [6.07, 6.45) is 0. The van der Waals surface area contributed by atoms with Gasteiger partial charge >= 0.3 is 0 Å². The molecule has 0 saturated heterocycles. The fourth-order valence-corrected chi connectivity index (χ4v) is 2.30. The minimum Gasteiger partial charge on any atom is -0.274 e. The maximum Gasteiger partial charge on any atom is 0.277 e. The van der Waals surface area contributed by atoms with Crippen LogP contribution in [0.5, 0.6) is 0 Å². The van der Waals surface area contributed by atoms with Crippen molar-refractivity contribution in [1.82, 2.24) is 5.06 Å². The lowest BCUT2D eigenvalue weighted by Gasteiger charge is -2.13. The molecule has 0 fully saturated rings. The molecule has 1 amide bonds. The van der Waals surface area contributed by atoms with Gasteiger partial charge in [0.15, 0.2) is 0 Å². The zero-order chi connectivity index (χ0) is 14.7. The number of carbonyl (C=O) groups excluding carboxylic acids is 1. The van der Waals surface area contributed by atoms with Crippen LogP contribution < -0.4 is 0 Å². The van der Waals surface area contributed by atoms with Crippen molar-refractivity contribution < 1.29 is 9.63 Å². The molecule has 0 aromatic heterocycles. The summed E-state index contributed by atoms with van der Waals surface area (Å²) in [4.78, 5) is 16.8. The van der Waals surface area contributed by atoms with Gasteiger partial charge in [0.25, 0.3) is 5.91 Å². The molecule has 0 aliphatic carbocycles. The van der Waals surface area contributed by atoms with Gasteiger partial charge in [0, 0.05) is 28.2 Å². The fraction of sp³-hybridized carbons (Fsp3) is 0.133. The van der Waals surface area contributed by atoms with Crippen LogP contribution in [-0.4, -0.2) is 25.1 Å². The first-order chi connectivity index (χ1) is 9.52. The highest BCUT2D eigenvalue weighted by Crippen LogP contribution is 2.30. The average molecular weight is 310 g/mol. The van der Waals surface area contributed by atoms with Gasteiger partial charge < -0.3 is 0 Å². The van der Waals surface area contributed by atoms with Gasteiger partial charge in [-0.2, -0.15) is 0 Å². The Balaban J connectivity index is 2.30. The van der Waals surface area contributed by atoms with Gasteiger partial charge in [0.05, 0.1) is 7.11 Å². The Labute approximate surface area is 127 Å². The number of hydrogen-bond acceptors (Lipinski definition) is 2. The number of rotatable bonds is 3. The summed E-state index contributed by atoms with van der Waals surface area (Å²) >= 11 is 12.0. The van der Waals surface area contributed by atoms with E-state index in [1.54, 1.807) is 31.3 Å². The summed E-state index contributed by atoms with van der Waals surface area (Å²) in [5, 5.41) is 2.34. The number of amides is 1. The molecule has 0 atom stereocenters. The van der Waals surface area contributed by atoms with Gasteiger partial charge in [0.1, 0.15) is 0 Å². The van der Waals surface area contributed by atoms with Crippen molar-refractivity contribution in [3.8, 4) is 11.1 Å². The lowest BCUT2D eigenvalue weighted by Crippen LogP contribution is -2.25. The quantitative estimate of drug-likeness (QED) is 0.791. The largest absolute Gasteiger partial charge is 0.277 e. The first-order valence-corrected chi connectivity index (χ1v) is 6.66. The van der Waals surface area contributed by atoms with Gasteiger partial charge in [-0.15, -0.1) is 0 Å². The maximum absolute atomic E-state index is 11.9. The summed E-state index contributed by atoms with van der Waals surface area (Å²) in [6.45, 7) is 0. The molecule has 0 radical (unpaired) electrons. The van der Waals surface area contributed by atoms with Crippen LogP contribution in [0.3, 0.4) is 0 Å². The molecule has 0 aliphatic rings. The minimum atomic E-state index is -0.207. The molecule has 5 heteroatoms. The molecule has 104 valence electrons. The number of carbonyl (C=O) groups is 1. The Hall–Kier alpha value is -1.55. The van der Waals surface area contributed by atoms with Crippen LogP contribution in [0.2, 0.25) is 10.0 Å². The van der Waals surface area contributed by atoms with E-state index in [2.05, 4.69) is 0 Å². The van der Waals surface area contributed by atoms with E-state index in [9.17, 15) is 4.79 Å². The average Bonchev–Trinajstić information content (AvgIpc) is 2.46. The van der Waals surface area contributed by atoms with Crippen molar-refractivity contribution in [2.75, 3.05) is 14.2 Å². The van der Waals surface area contributed by atoms with Crippen LogP contribution in [0.25, 0.3) is 11.1 Å². The molecule has 2 aromatic rings. The van der Waals surface area contributed by atoms with Gasteiger partial charge in [-0.25, -0.2) is 5.06 Å². The summed E-state index contributed by atoms with van der Waals surface area (Å²) in [7, 11) is 3.01. The molecular formula is C15H13Cl2NO2. The van der Waals surface area contributed by atoms with Crippen molar-refractivity contribution in [1.29, 1.82) is 0 Å². The lowest BCUT2D eigenvalue weighted by molar-refractivity contribution is -0.0756. The van der Waals surface area contributed by atoms with E-state index >= 15 is 0 Å². The van der Waals surface area contributed by atoms with Crippen LogP contribution >= 0.6 is 23.2 Å². The van der Waals surface area contributed by atoms with E-state index in [0.717, 1.165) is 11.1 Å². The maximum atomic E-state index is 11.9. The summed E-state index contributed by atoms with van der Waals surface area (Å²) in [6, 6.07) is 12.5. The van der Waals surface area contributed by atoms with E-state index in [0.29, 0.717) is 15.6 Å². The summed E-state index contributed by atoms with van der Waals surface area (Å²) in [5.74, 6) is -0.207. The van der Waals surface area contributed by atoms with Crippen molar-refractivity contribution in [2.24, 2.45) is 0 Å². The second-order valence-corrected chi connectivity index (χ2v) is 5.03. The molecule has 0 N–H and O–H groups in total. The molecule has 2 aromatic carbocycles. The smallest absolute Gasteiger partial charge is 0.274 e. The highest BCUT2D eigenvalue weighted by Gasteiger charge is 2.11. The van der Waals surface area contributed by atoms with Crippen molar-refractivity contribution in [3.63, 3.8) is 0 Å². The normalized spacial score (nSPS) is 10.4. The van der Waals surface area contributed by atoms with Gasteiger partial charge in [-0.1, -0.05) is 41.4 Å². The van der Waals surface area contributed by atoms with E-state index < -0.39 is 0 Å². The number of halogens is 2. The Bertz CT molecular complexity index is 626. The Morgan fingerprint density at radius 2 is 1.75 bits per heavy atom. The monoisotopic (exact) mass is 309 g/mol. The third kappa shape index (κ3) is 3.12. The first-order valence-electron chi connectivity index (χ1n) is 5.90. The van der Waals surface area contributed by atoms with Gasteiger partial charge in [0.2, 0.25) is 0 Å². The van der Waals surface area contributed by atoms with Crippen molar-refractivity contribution in [3.05, 3.63) is 58.1 Å². The molecule has 0 aliphatic heterocycles. The Morgan fingerprint density at radius 3 is 2.30 bits per heavy atom. The highest BCUT2D eigenvalue weighted by molar-refractivity contribution is 6.36. The van der Waals surface area contributed by atoms with Crippen LogP contribution in [0, 0.1) is 0 Å². The molecule has 20 heavy (non-hydrogen) atoms. The topological polar surface area (TPSA) is 29.5 Å². The Kier molecular flexibility index (Phi) is 4.65. The zero-order valence-corrected chi connectivity index (χ0v) is 12.6. The lowest BCUT2D eigenvalue weighted by atomic mass is 10.0. The number of hydroxylamine groups is 2. The van der Waals surface area contributed by atoms with E-state index in [-0.39, 0.29) is 5.91 Å². The SMILES string of the molecule is CON(C)C(=O)c1ccc(-c2ccc(Cl)cc2Cl)cc1. The minimum absolute atomic E-state index is 0.207. The highest BCUT2D eigenvalue weighted by atomic mass is 35.5. The Morgan fingerprint density at radius 1 is 1.10 bits per heavy atom. The molecule has 0 unspecified atom stereocenters. The van der Waals surface area contributed by atoms with E-state index in [1.165, 1.54) is 12.2 Å². The molecule has 0 bridgehead atoms. The number of benzene rings is 2. The van der Waals surface area contributed by atoms with Crippen molar-refractivity contribution in [2.45, 2.75) is 0 Å². The number of hydrogen-bond donors (Lipinski definition) is 0. The third-order valence-corrected chi connectivity index (χ3v) is 3.48. The second-order valence-electron chi connectivity index (χ2n) is 4.19. The molecule has 0 saturated carbocycles. The van der Waals surface area contributed by atoms with E-state index in [1.807, 2.05) is 18.2 Å². The second kappa shape index (κ2) is 6.27. The van der Waals surface area contributed by atoms with Crippen LogP contribution in [0.1, 0.15) is 10.4 Å².